The van der Waals surface area contributed by atoms with Crippen molar-refractivity contribution in [3.8, 4) is 50.7 Å². The molecule has 5 heteroatoms. The first-order valence-electron chi connectivity index (χ1n) is 22.8. The molecule has 0 spiro atoms. The van der Waals surface area contributed by atoms with Crippen LogP contribution >= 0.6 is 0 Å². The Bertz CT molecular complexity index is 4010. The fraction of sp³-hybridized carbons (Fsp3) is 0.0328. The molecule has 66 heavy (non-hydrogen) atoms. The van der Waals surface area contributed by atoms with Gasteiger partial charge in [0, 0.05) is 39.3 Å². The van der Waals surface area contributed by atoms with E-state index < -0.39 is 8.07 Å². The fourth-order valence-corrected chi connectivity index (χ4v) is 14.2. The number of ether oxygens (including phenoxy) is 1. The van der Waals surface area contributed by atoms with Crippen LogP contribution < -0.4 is 20.0 Å². The van der Waals surface area contributed by atoms with E-state index in [2.05, 4.69) is 229 Å². The first kappa shape index (κ1) is 37.2. The molecule has 14 rings (SSSR count). The second-order valence-corrected chi connectivity index (χ2v) is 22.7. The van der Waals surface area contributed by atoms with Gasteiger partial charge in [-0.25, -0.2) is 0 Å². The summed E-state index contributed by atoms with van der Waals surface area (Å²) in [5, 5.41) is 12.9. The zero-order valence-electron chi connectivity index (χ0n) is 36.5. The van der Waals surface area contributed by atoms with Crippen molar-refractivity contribution in [1.29, 1.82) is 0 Å². The van der Waals surface area contributed by atoms with E-state index >= 15 is 0 Å². The summed E-state index contributed by atoms with van der Waals surface area (Å²) in [6.45, 7) is 4.99. The lowest BCUT2D eigenvalue weighted by Crippen LogP contribution is -2.49. The van der Waals surface area contributed by atoms with Crippen LogP contribution in [0.5, 0.6) is 11.5 Å². The normalized spacial score (nSPS) is 13.5. The lowest BCUT2D eigenvalue weighted by atomic mass is 9.98. The summed E-state index contributed by atoms with van der Waals surface area (Å²) < 4.78 is 9.35. The number of anilines is 3. The standard InChI is InChI=1S/C61H41N3OSi/c1-66(2)59-19-11-9-17-50(59)52-34-44-30-39-20-24-47(32-43(39)31-45(44)37-60(52)66)64-53-18-10-8-16-49(53)51-33-40(21-25-54(51)64)41-22-26-55-57(35-41)65-58-36-42(61-48-15-7-6-12-38(48)28-29-62-61)23-27-56(58)63(55)46-13-4-3-5-14-46/h3-37H,1-2H3. The number of para-hydroxylation sites is 2. The molecule has 10 aromatic carbocycles. The SMILES string of the molecule is C[Si]1(C)c2ccccc2-c2cc3cc4ccc(-n5c6ccccc6c6cc(-c7ccc8c(c7)Oc7cc(-c9nccc%10ccccc9%10)ccc7N8c7ccccc7)ccc65)cc4cc3cc21. The Morgan fingerprint density at radius 2 is 1.08 bits per heavy atom. The maximum Gasteiger partial charge on any atom is 0.152 e. The quantitative estimate of drug-likeness (QED) is 0.130. The first-order valence-corrected chi connectivity index (χ1v) is 25.8. The Hall–Kier alpha value is -8.25. The molecule has 4 heterocycles. The predicted molar refractivity (Wildman–Crippen MR) is 279 cm³/mol. The van der Waals surface area contributed by atoms with Crippen molar-refractivity contribution in [3.63, 3.8) is 0 Å². The third-order valence-corrected chi connectivity index (χ3v) is 17.9. The van der Waals surface area contributed by atoms with Crippen LogP contribution in [-0.4, -0.2) is 17.6 Å². The Balaban J connectivity index is 0.868. The van der Waals surface area contributed by atoms with Crippen LogP contribution in [0.1, 0.15) is 0 Å². The van der Waals surface area contributed by atoms with Gasteiger partial charge in [0.25, 0.3) is 0 Å². The van der Waals surface area contributed by atoms with Gasteiger partial charge in [-0.15, -0.1) is 0 Å². The molecule has 0 saturated carbocycles. The zero-order chi connectivity index (χ0) is 43.7. The maximum absolute atomic E-state index is 6.92. The van der Waals surface area contributed by atoms with Crippen molar-refractivity contribution in [3.05, 3.63) is 212 Å². The van der Waals surface area contributed by atoms with Gasteiger partial charge in [-0.1, -0.05) is 128 Å². The van der Waals surface area contributed by atoms with E-state index in [1.54, 1.807) is 5.19 Å². The minimum Gasteiger partial charge on any atom is -0.453 e. The van der Waals surface area contributed by atoms with Gasteiger partial charge in [0.05, 0.1) is 28.1 Å². The molecule has 0 aliphatic carbocycles. The Labute approximate surface area is 383 Å². The van der Waals surface area contributed by atoms with Gasteiger partial charge in [-0.2, -0.15) is 0 Å². The van der Waals surface area contributed by atoms with Crippen LogP contribution in [0.25, 0.3) is 93.3 Å². The largest absolute Gasteiger partial charge is 0.453 e. The Kier molecular flexibility index (Phi) is 7.81. The second-order valence-electron chi connectivity index (χ2n) is 18.4. The number of fused-ring (bicyclic) bond motifs is 11. The smallest absolute Gasteiger partial charge is 0.152 e. The fourth-order valence-electron chi connectivity index (χ4n) is 11.1. The third kappa shape index (κ3) is 5.47. The summed E-state index contributed by atoms with van der Waals surface area (Å²) in [4.78, 5) is 7.14. The molecular formula is C61H41N3OSi. The summed E-state index contributed by atoms with van der Waals surface area (Å²) in [5.74, 6) is 1.59. The molecule has 12 aromatic rings. The van der Waals surface area contributed by atoms with Gasteiger partial charge in [-0.05, 0) is 151 Å². The highest BCUT2D eigenvalue weighted by molar-refractivity contribution is 7.04. The number of aromatic nitrogens is 2. The topological polar surface area (TPSA) is 30.3 Å². The van der Waals surface area contributed by atoms with Gasteiger partial charge in [0.15, 0.2) is 11.5 Å². The number of nitrogens with zero attached hydrogens (tertiary/aromatic N) is 3. The van der Waals surface area contributed by atoms with Crippen LogP contribution in [0.15, 0.2) is 212 Å². The van der Waals surface area contributed by atoms with Crippen LogP contribution in [0.2, 0.25) is 13.1 Å². The number of pyridine rings is 1. The molecule has 0 radical (unpaired) electrons. The van der Waals surface area contributed by atoms with Gasteiger partial charge in [0.1, 0.15) is 8.07 Å². The molecular weight excluding hydrogens is 819 g/mol. The molecule has 2 aliphatic rings. The van der Waals surface area contributed by atoms with E-state index in [4.69, 9.17) is 9.72 Å². The van der Waals surface area contributed by atoms with Gasteiger partial charge in [-0.3, -0.25) is 4.98 Å². The Morgan fingerprint density at radius 1 is 0.409 bits per heavy atom. The lowest BCUT2D eigenvalue weighted by Gasteiger charge is -2.33. The monoisotopic (exact) mass is 859 g/mol. The third-order valence-electron chi connectivity index (χ3n) is 14.3. The van der Waals surface area contributed by atoms with Crippen molar-refractivity contribution < 1.29 is 4.74 Å². The molecule has 0 fully saturated rings. The van der Waals surface area contributed by atoms with Crippen molar-refractivity contribution in [2.75, 3.05) is 4.90 Å². The molecule has 0 N–H and O–H groups in total. The van der Waals surface area contributed by atoms with Gasteiger partial charge in [0.2, 0.25) is 0 Å². The molecule has 2 aromatic heterocycles. The number of benzene rings is 10. The molecule has 0 unspecified atom stereocenters. The number of hydrogen-bond acceptors (Lipinski definition) is 3. The summed E-state index contributed by atoms with van der Waals surface area (Å²) in [5.41, 5.74) is 13.6. The van der Waals surface area contributed by atoms with Crippen molar-refractivity contribution in [2.45, 2.75) is 13.1 Å². The lowest BCUT2D eigenvalue weighted by molar-refractivity contribution is 0.477. The molecule has 0 saturated heterocycles. The van der Waals surface area contributed by atoms with Crippen LogP contribution in [-0.2, 0) is 0 Å². The Morgan fingerprint density at radius 3 is 1.95 bits per heavy atom. The van der Waals surface area contributed by atoms with E-state index in [1.807, 2.05) is 6.20 Å². The minimum absolute atomic E-state index is 0.790. The van der Waals surface area contributed by atoms with E-state index in [9.17, 15) is 0 Å². The molecule has 2 aliphatic heterocycles. The summed E-state index contributed by atoms with van der Waals surface area (Å²) in [6, 6.07) is 75.5. The highest BCUT2D eigenvalue weighted by Crippen LogP contribution is 2.52. The summed E-state index contributed by atoms with van der Waals surface area (Å²) in [6.07, 6.45) is 1.89. The molecule has 0 atom stereocenters. The highest BCUT2D eigenvalue weighted by atomic mass is 28.3. The van der Waals surface area contributed by atoms with E-state index in [0.717, 1.165) is 67.4 Å². The van der Waals surface area contributed by atoms with Gasteiger partial charge >= 0.3 is 0 Å². The summed E-state index contributed by atoms with van der Waals surface area (Å²) in [7, 11) is -1.79. The average Bonchev–Trinajstić information content (AvgIpc) is 3.81. The second kappa shape index (κ2) is 13.9. The highest BCUT2D eigenvalue weighted by Gasteiger charge is 2.37. The molecule has 4 nitrogen and oxygen atoms in total. The van der Waals surface area contributed by atoms with Crippen LogP contribution in [0, 0.1) is 0 Å². The molecule has 0 amide bonds. The van der Waals surface area contributed by atoms with E-state index in [1.165, 1.54) is 59.7 Å². The number of hydrogen-bond donors (Lipinski definition) is 0. The predicted octanol–water partition coefficient (Wildman–Crippen LogP) is 15.4. The number of rotatable bonds is 4. The molecule has 0 bridgehead atoms. The van der Waals surface area contributed by atoms with E-state index in [0.29, 0.717) is 0 Å². The first-order chi connectivity index (χ1) is 32.4. The van der Waals surface area contributed by atoms with E-state index in [-0.39, 0.29) is 0 Å². The maximum atomic E-state index is 6.92. The van der Waals surface area contributed by atoms with Crippen molar-refractivity contribution in [2.24, 2.45) is 0 Å². The zero-order valence-corrected chi connectivity index (χ0v) is 37.5. The van der Waals surface area contributed by atoms with Crippen LogP contribution in [0.4, 0.5) is 17.1 Å². The van der Waals surface area contributed by atoms with Gasteiger partial charge < -0.3 is 14.2 Å². The summed E-state index contributed by atoms with van der Waals surface area (Å²) >= 11 is 0. The van der Waals surface area contributed by atoms with Crippen molar-refractivity contribution in [1.82, 2.24) is 9.55 Å². The average molecular weight is 860 g/mol. The minimum atomic E-state index is -1.79. The van der Waals surface area contributed by atoms with Crippen molar-refractivity contribution >= 4 is 89.6 Å². The van der Waals surface area contributed by atoms with Crippen LogP contribution in [0.3, 0.4) is 0 Å². The molecule has 310 valence electrons.